The second-order valence-electron chi connectivity index (χ2n) is 4.06. The van der Waals surface area contributed by atoms with Crippen molar-refractivity contribution >= 4 is 0 Å². The van der Waals surface area contributed by atoms with Crippen LogP contribution in [0.3, 0.4) is 0 Å². The van der Waals surface area contributed by atoms with E-state index in [0.29, 0.717) is 24.3 Å². The van der Waals surface area contributed by atoms with Crippen molar-refractivity contribution in [3.63, 3.8) is 0 Å². The Morgan fingerprint density at radius 2 is 2.12 bits per heavy atom. The lowest BCUT2D eigenvalue weighted by atomic mass is 9.82. The van der Waals surface area contributed by atoms with Crippen LogP contribution in [-0.4, -0.2) is 24.2 Å². The Kier molecular flexibility index (Phi) is 3.62. The predicted molar refractivity (Wildman–Crippen MR) is 61.6 cm³/mol. The third-order valence-electron chi connectivity index (χ3n) is 2.80. The zero-order valence-electron chi connectivity index (χ0n) is 9.56. The summed E-state index contributed by atoms with van der Waals surface area (Å²) in [4.78, 5) is 4.26. The van der Waals surface area contributed by atoms with E-state index in [0.717, 1.165) is 19.4 Å². The molecule has 1 heterocycles. The maximum Gasteiger partial charge on any atom is 0.216 e. The van der Waals surface area contributed by atoms with Crippen molar-refractivity contribution in [2.45, 2.75) is 25.9 Å². The van der Waals surface area contributed by atoms with Gasteiger partial charge in [-0.3, -0.25) is 0 Å². The van der Waals surface area contributed by atoms with Gasteiger partial charge in [0, 0.05) is 12.1 Å². The quantitative estimate of drug-likeness (QED) is 0.822. The standard InChI is InChI=1S/C12H18N2O2/c1-2-15-11-4-3-5-12(14-11)16-10-6-9(7-10)8-13/h3-5,9-10H,2,6-8,13H2,1H3. The van der Waals surface area contributed by atoms with Gasteiger partial charge < -0.3 is 15.2 Å². The van der Waals surface area contributed by atoms with Crippen molar-refractivity contribution in [3.8, 4) is 11.8 Å². The fourth-order valence-electron chi connectivity index (χ4n) is 1.82. The molecular weight excluding hydrogens is 204 g/mol. The Morgan fingerprint density at radius 3 is 2.81 bits per heavy atom. The molecule has 0 aromatic carbocycles. The summed E-state index contributed by atoms with van der Waals surface area (Å²) in [5.74, 6) is 1.89. The van der Waals surface area contributed by atoms with Crippen LogP contribution in [0.15, 0.2) is 18.2 Å². The van der Waals surface area contributed by atoms with Gasteiger partial charge in [0.1, 0.15) is 6.10 Å². The van der Waals surface area contributed by atoms with Gasteiger partial charge in [0.15, 0.2) is 0 Å². The first kappa shape index (κ1) is 11.2. The zero-order valence-corrected chi connectivity index (χ0v) is 9.56. The third-order valence-corrected chi connectivity index (χ3v) is 2.80. The summed E-state index contributed by atoms with van der Waals surface area (Å²) in [6, 6.07) is 5.59. The molecule has 4 nitrogen and oxygen atoms in total. The second kappa shape index (κ2) is 5.16. The van der Waals surface area contributed by atoms with Crippen molar-refractivity contribution in [2.24, 2.45) is 11.7 Å². The summed E-state index contributed by atoms with van der Waals surface area (Å²) in [5, 5.41) is 0. The average molecular weight is 222 g/mol. The van der Waals surface area contributed by atoms with Crippen molar-refractivity contribution in [3.05, 3.63) is 18.2 Å². The number of nitrogens with two attached hydrogens (primary N) is 1. The Bertz CT molecular complexity index is 338. The van der Waals surface area contributed by atoms with Gasteiger partial charge in [-0.1, -0.05) is 6.07 Å². The van der Waals surface area contributed by atoms with E-state index in [9.17, 15) is 0 Å². The van der Waals surface area contributed by atoms with Crippen LogP contribution in [0, 0.1) is 5.92 Å². The molecule has 4 heteroatoms. The fraction of sp³-hybridized carbons (Fsp3) is 0.583. The lowest BCUT2D eigenvalue weighted by Gasteiger charge is -2.34. The summed E-state index contributed by atoms with van der Waals surface area (Å²) in [6.45, 7) is 3.31. The maximum absolute atomic E-state index is 5.72. The fourth-order valence-corrected chi connectivity index (χ4v) is 1.82. The van der Waals surface area contributed by atoms with Crippen LogP contribution in [0.1, 0.15) is 19.8 Å². The van der Waals surface area contributed by atoms with Crippen molar-refractivity contribution in [1.82, 2.24) is 4.98 Å². The summed E-state index contributed by atoms with van der Waals surface area (Å²) in [6.07, 6.45) is 2.35. The van der Waals surface area contributed by atoms with Crippen LogP contribution < -0.4 is 15.2 Å². The molecule has 0 atom stereocenters. The molecule has 0 bridgehead atoms. The molecule has 0 radical (unpaired) electrons. The molecule has 0 saturated heterocycles. The zero-order chi connectivity index (χ0) is 11.4. The Balaban J connectivity index is 1.87. The number of nitrogens with zero attached hydrogens (tertiary/aromatic N) is 1. The highest BCUT2D eigenvalue weighted by atomic mass is 16.5. The third kappa shape index (κ3) is 2.64. The smallest absolute Gasteiger partial charge is 0.216 e. The molecule has 16 heavy (non-hydrogen) atoms. The van der Waals surface area contributed by atoms with Crippen LogP contribution >= 0.6 is 0 Å². The number of ether oxygens (including phenoxy) is 2. The first-order valence-electron chi connectivity index (χ1n) is 5.78. The van der Waals surface area contributed by atoms with E-state index in [1.165, 1.54) is 0 Å². The number of aromatic nitrogens is 1. The predicted octanol–water partition coefficient (Wildman–Crippen LogP) is 1.60. The lowest BCUT2D eigenvalue weighted by Crippen LogP contribution is -2.37. The van der Waals surface area contributed by atoms with E-state index >= 15 is 0 Å². The summed E-state index contributed by atoms with van der Waals surface area (Å²) in [7, 11) is 0. The molecule has 1 fully saturated rings. The van der Waals surface area contributed by atoms with Gasteiger partial charge in [0.2, 0.25) is 11.8 Å². The maximum atomic E-state index is 5.72. The van der Waals surface area contributed by atoms with E-state index in [-0.39, 0.29) is 6.10 Å². The summed E-state index contributed by atoms with van der Waals surface area (Å²) < 4.78 is 11.0. The highest BCUT2D eigenvalue weighted by Gasteiger charge is 2.29. The van der Waals surface area contributed by atoms with E-state index in [4.69, 9.17) is 15.2 Å². The summed E-state index contributed by atoms with van der Waals surface area (Å²) in [5.41, 5.74) is 5.56. The molecule has 1 aliphatic rings. The second-order valence-corrected chi connectivity index (χ2v) is 4.06. The van der Waals surface area contributed by atoms with Gasteiger partial charge in [0.05, 0.1) is 6.61 Å². The van der Waals surface area contributed by atoms with E-state index in [1.54, 1.807) is 0 Å². The van der Waals surface area contributed by atoms with Crippen LogP contribution in [0.4, 0.5) is 0 Å². The molecule has 1 saturated carbocycles. The minimum atomic E-state index is 0.276. The molecule has 0 aliphatic heterocycles. The Hall–Kier alpha value is -1.29. The normalized spacial score (nSPS) is 23.6. The van der Waals surface area contributed by atoms with Crippen LogP contribution in [-0.2, 0) is 0 Å². The van der Waals surface area contributed by atoms with Crippen LogP contribution in [0.5, 0.6) is 11.8 Å². The molecule has 0 unspecified atom stereocenters. The molecular formula is C12H18N2O2. The highest BCUT2D eigenvalue weighted by Crippen LogP contribution is 2.30. The largest absolute Gasteiger partial charge is 0.478 e. The average Bonchev–Trinajstić information content (AvgIpc) is 2.24. The molecule has 88 valence electrons. The Morgan fingerprint density at radius 1 is 1.38 bits per heavy atom. The number of hydrogen-bond acceptors (Lipinski definition) is 4. The van der Waals surface area contributed by atoms with Gasteiger partial charge >= 0.3 is 0 Å². The monoisotopic (exact) mass is 222 g/mol. The topological polar surface area (TPSA) is 57.4 Å². The van der Waals surface area contributed by atoms with Gasteiger partial charge in [-0.05, 0) is 32.2 Å². The van der Waals surface area contributed by atoms with Gasteiger partial charge in [-0.2, -0.15) is 4.98 Å². The molecule has 2 rings (SSSR count). The minimum absolute atomic E-state index is 0.276. The molecule has 1 aliphatic carbocycles. The van der Waals surface area contributed by atoms with Crippen LogP contribution in [0.25, 0.3) is 0 Å². The SMILES string of the molecule is CCOc1cccc(OC2CC(CN)C2)n1. The number of hydrogen-bond donors (Lipinski definition) is 1. The minimum Gasteiger partial charge on any atom is -0.478 e. The van der Waals surface area contributed by atoms with Gasteiger partial charge in [-0.25, -0.2) is 0 Å². The molecule has 1 aromatic rings. The number of rotatable bonds is 5. The molecule has 2 N–H and O–H groups in total. The summed E-state index contributed by atoms with van der Waals surface area (Å²) >= 11 is 0. The molecule has 1 aromatic heterocycles. The van der Waals surface area contributed by atoms with Gasteiger partial charge in [0.25, 0.3) is 0 Å². The Labute approximate surface area is 95.8 Å². The van der Waals surface area contributed by atoms with Crippen molar-refractivity contribution < 1.29 is 9.47 Å². The molecule has 0 spiro atoms. The molecule has 0 amide bonds. The van der Waals surface area contributed by atoms with Crippen LogP contribution in [0.2, 0.25) is 0 Å². The van der Waals surface area contributed by atoms with Crippen molar-refractivity contribution in [2.75, 3.05) is 13.2 Å². The van der Waals surface area contributed by atoms with E-state index in [2.05, 4.69) is 4.98 Å². The first-order chi connectivity index (χ1) is 7.81. The lowest BCUT2D eigenvalue weighted by molar-refractivity contribution is 0.0642. The van der Waals surface area contributed by atoms with E-state index in [1.807, 2.05) is 25.1 Å². The van der Waals surface area contributed by atoms with E-state index < -0.39 is 0 Å². The van der Waals surface area contributed by atoms with Gasteiger partial charge in [-0.15, -0.1) is 0 Å². The first-order valence-corrected chi connectivity index (χ1v) is 5.78. The number of pyridine rings is 1. The van der Waals surface area contributed by atoms with Crippen molar-refractivity contribution in [1.29, 1.82) is 0 Å². The highest BCUT2D eigenvalue weighted by molar-refractivity contribution is 5.20.